The number of carbonyl (C=O) groups excluding carboxylic acids is 1. The Kier molecular flexibility index (Phi) is 9.12. The fraction of sp³-hybridized carbons (Fsp3) is 0.458. The molecule has 3 aromatic heterocycles. The topological polar surface area (TPSA) is 67.5 Å². The summed E-state index contributed by atoms with van der Waals surface area (Å²) in [6.45, 7) is 7.76. The van der Waals surface area contributed by atoms with Gasteiger partial charge in [-0.15, -0.1) is 0 Å². The average molecular weight is 414 g/mol. The molecule has 1 atom stereocenters. The number of carbonyl (C=O) groups is 1. The molecule has 0 spiro atoms. The van der Waals surface area contributed by atoms with E-state index >= 15 is 0 Å². The second-order valence-corrected chi connectivity index (χ2v) is 7.14. The molecule has 1 N–H and O–H groups in total. The van der Waals surface area contributed by atoms with Gasteiger partial charge in [-0.05, 0) is 49.9 Å². The molecule has 0 aliphatic heterocycles. The molecular weight excluding hydrogens is 381 g/mol. The molecule has 0 aromatic carbocycles. The van der Waals surface area contributed by atoms with E-state index in [4.69, 9.17) is 0 Å². The highest BCUT2D eigenvalue weighted by Gasteiger charge is 2.26. The number of halogens is 1. The Morgan fingerprint density at radius 2 is 2.00 bits per heavy atom. The van der Waals surface area contributed by atoms with Crippen LogP contribution in [0.15, 0.2) is 42.7 Å². The number of aliphatic hydroxyl groups excluding tert-OH is 1. The predicted octanol–water partition coefficient (Wildman–Crippen LogP) is 5.56. The lowest BCUT2D eigenvalue weighted by Gasteiger charge is -2.25. The summed E-state index contributed by atoms with van der Waals surface area (Å²) in [6.07, 6.45) is 6.90. The van der Waals surface area contributed by atoms with Crippen LogP contribution in [0, 0.1) is 12.7 Å². The van der Waals surface area contributed by atoms with Gasteiger partial charge >= 0.3 is 0 Å². The summed E-state index contributed by atoms with van der Waals surface area (Å²) in [5.74, 6) is 0.428. The standard InChI is InChI=1S/C12H13FN2.C10H13NO2.C2H6/c1-8-11(9-4-2-5-9)12-10(13)6-3-7-15(12)14-8;1-2-8(12)7-10(13)9-5-3-4-6-11-9;1-2/h3,6-7,9H,2,4-5H2,1H3;3-6,10,13H,2,7H2,1H3;1-2H3. The lowest BCUT2D eigenvalue weighted by Crippen LogP contribution is -2.09. The number of hydrogen-bond donors (Lipinski definition) is 1. The number of ketones is 1. The summed E-state index contributed by atoms with van der Waals surface area (Å²) in [6, 6.07) is 8.49. The number of aromatic nitrogens is 3. The van der Waals surface area contributed by atoms with Crippen LogP contribution in [0.1, 0.15) is 81.8 Å². The highest BCUT2D eigenvalue weighted by molar-refractivity contribution is 5.78. The number of pyridine rings is 2. The molecule has 30 heavy (non-hydrogen) atoms. The third-order valence-corrected chi connectivity index (χ3v) is 5.19. The fourth-order valence-corrected chi connectivity index (χ4v) is 3.42. The maximum absolute atomic E-state index is 13.7. The summed E-state index contributed by atoms with van der Waals surface area (Å²) in [7, 11) is 0. The number of aliphatic hydroxyl groups is 1. The molecule has 5 nitrogen and oxygen atoms in total. The van der Waals surface area contributed by atoms with E-state index in [1.807, 2.05) is 27.0 Å². The smallest absolute Gasteiger partial charge is 0.149 e. The number of fused-ring (bicyclic) bond motifs is 1. The molecule has 1 aliphatic rings. The molecule has 1 saturated carbocycles. The van der Waals surface area contributed by atoms with E-state index in [2.05, 4.69) is 10.1 Å². The van der Waals surface area contributed by atoms with Gasteiger partial charge in [0.15, 0.2) is 0 Å². The van der Waals surface area contributed by atoms with Crippen molar-refractivity contribution >= 4 is 11.3 Å². The molecular formula is C24H32FN3O2. The van der Waals surface area contributed by atoms with Crippen LogP contribution in [-0.2, 0) is 4.79 Å². The zero-order chi connectivity index (χ0) is 22.1. The van der Waals surface area contributed by atoms with E-state index in [9.17, 15) is 14.3 Å². The molecule has 162 valence electrons. The number of nitrogens with zero attached hydrogens (tertiary/aromatic N) is 3. The third kappa shape index (κ3) is 5.72. The Balaban J connectivity index is 0.000000200. The first-order chi connectivity index (χ1) is 14.5. The van der Waals surface area contributed by atoms with Crippen LogP contribution in [0.25, 0.3) is 5.52 Å². The van der Waals surface area contributed by atoms with Crippen molar-refractivity contribution in [3.8, 4) is 0 Å². The van der Waals surface area contributed by atoms with Gasteiger partial charge in [-0.25, -0.2) is 8.91 Å². The van der Waals surface area contributed by atoms with Crippen molar-refractivity contribution in [2.45, 2.75) is 71.8 Å². The zero-order valence-electron chi connectivity index (χ0n) is 18.3. The largest absolute Gasteiger partial charge is 0.386 e. The Morgan fingerprint density at radius 1 is 1.27 bits per heavy atom. The van der Waals surface area contributed by atoms with Crippen LogP contribution in [0.2, 0.25) is 0 Å². The van der Waals surface area contributed by atoms with Gasteiger partial charge < -0.3 is 5.11 Å². The molecule has 1 unspecified atom stereocenters. The number of hydrogen-bond acceptors (Lipinski definition) is 4. The maximum atomic E-state index is 13.7. The van der Waals surface area contributed by atoms with E-state index in [1.54, 1.807) is 41.9 Å². The molecule has 4 rings (SSSR count). The first kappa shape index (κ1) is 23.7. The van der Waals surface area contributed by atoms with Crippen molar-refractivity contribution < 1.29 is 14.3 Å². The van der Waals surface area contributed by atoms with Crippen LogP contribution >= 0.6 is 0 Å². The predicted molar refractivity (Wildman–Crippen MR) is 117 cm³/mol. The maximum Gasteiger partial charge on any atom is 0.149 e. The molecule has 3 aromatic rings. The van der Waals surface area contributed by atoms with Gasteiger partial charge in [0, 0.05) is 30.8 Å². The molecule has 1 aliphatic carbocycles. The van der Waals surface area contributed by atoms with E-state index < -0.39 is 6.10 Å². The minimum Gasteiger partial charge on any atom is -0.386 e. The second kappa shape index (κ2) is 11.6. The van der Waals surface area contributed by atoms with Crippen LogP contribution < -0.4 is 0 Å². The van der Waals surface area contributed by atoms with Gasteiger partial charge in [0.05, 0.1) is 11.4 Å². The Morgan fingerprint density at radius 3 is 2.57 bits per heavy atom. The van der Waals surface area contributed by atoms with Gasteiger partial charge in [-0.2, -0.15) is 5.10 Å². The van der Waals surface area contributed by atoms with Crippen LogP contribution in [-0.4, -0.2) is 25.5 Å². The first-order valence-electron chi connectivity index (χ1n) is 10.7. The normalized spacial score (nSPS) is 14.1. The zero-order valence-corrected chi connectivity index (χ0v) is 18.3. The minimum absolute atomic E-state index is 0.0538. The highest BCUT2D eigenvalue weighted by atomic mass is 19.1. The van der Waals surface area contributed by atoms with Crippen molar-refractivity contribution in [1.29, 1.82) is 0 Å². The molecule has 0 saturated heterocycles. The second-order valence-electron chi connectivity index (χ2n) is 7.14. The van der Waals surface area contributed by atoms with E-state index in [-0.39, 0.29) is 18.0 Å². The van der Waals surface area contributed by atoms with Gasteiger partial charge in [0.25, 0.3) is 0 Å². The molecule has 0 radical (unpaired) electrons. The van der Waals surface area contributed by atoms with Gasteiger partial charge in [0.1, 0.15) is 23.2 Å². The van der Waals surface area contributed by atoms with Crippen molar-refractivity contribution in [2.75, 3.05) is 0 Å². The molecule has 0 amide bonds. The highest BCUT2D eigenvalue weighted by Crippen LogP contribution is 2.40. The van der Waals surface area contributed by atoms with E-state index in [0.717, 1.165) is 11.3 Å². The van der Waals surface area contributed by atoms with Crippen molar-refractivity contribution in [3.05, 3.63) is 65.5 Å². The summed E-state index contributed by atoms with van der Waals surface area (Å²) in [4.78, 5) is 15.0. The summed E-state index contributed by atoms with van der Waals surface area (Å²) in [5.41, 5.74) is 3.34. The van der Waals surface area contributed by atoms with Crippen LogP contribution in [0.5, 0.6) is 0 Å². The Labute approximate surface area is 178 Å². The fourth-order valence-electron chi connectivity index (χ4n) is 3.42. The number of Topliss-reactive ketones (excluding diaryl/α,β-unsaturated/α-hetero) is 1. The van der Waals surface area contributed by atoms with Crippen LogP contribution in [0.4, 0.5) is 4.39 Å². The van der Waals surface area contributed by atoms with Gasteiger partial charge in [-0.3, -0.25) is 9.78 Å². The van der Waals surface area contributed by atoms with Crippen LogP contribution in [0.3, 0.4) is 0 Å². The first-order valence-corrected chi connectivity index (χ1v) is 10.7. The summed E-state index contributed by atoms with van der Waals surface area (Å²) in [5, 5.41) is 13.9. The molecule has 0 bridgehead atoms. The van der Waals surface area contributed by atoms with Gasteiger partial charge in [0.2, 0.25) is 0 Å². The number of aryl methyl sites for hydroxylation is 1. The molecule has 3 heterocycles. The van der Waals surface area contributed by atoms with Crippen molar-refractivity contribution in [3.63, 3.8) is 0 Å². The van der Waals surface area contributed by atoms with Gasteiger partial charge in [-0.1, -0.05) is 33.3 Å². The Bertz CT molecular complexity index is 936. The lowest BCUT2D eigenvalue weighted by molar-refractivity contribution is -0.120. The molecule has 6 heteroatoms. The Hall–Kier alpha value is -2.60. The van der Waals surface area contributed by atoms with E-state index in [0.29, 0.717) is 23.5 Å². The monoisotopic (exact) mass is 413 g/mol. The summed E-state index contributed by atoms with van der Waals surface area (Å²) < 4.78 is 15.4. The molecule has 1 fully saturated rings. The average Bonchev–Trinajstić information content (AvgIpc) is 3.06. The SMILES string of the molecule is CC.CCC(=O)CC(O)c1ccccn1.Cc1nn2cccc(F)c2c1C1CCC1. The quantitative estimate of drug-likeness (QED) is 0.595. The number of rotatable bonds is 5. The van der Waals surface area contributed by atoms with Crippen molar-refractivity contribution in [1.82, 2.24) is 14.6 Å². The van der Waals surface area contributed by atoms with E-state index in [1.165, 1.54) is 25.3 Å². The third-order valence-electron chi connectivity index (χ3n) is 5.19. The summed E-state index contributed by atoms with van der Waals surface area (Å²) >= 11 is 0. The lowest BCUT2D eigenvalue weighted by atomic mass is 9.79. The van der Waals surface area contributed by atoms with Crippen molar-refractivity contribution in [2.24, 2.45) is 0 Å². The minimum atomic E-state index is -0.756.